The van der Waals surface area contributed by atoms with E-state index in [0.29, 0.717) is 12.4 Å². The van der Waals surface area contributed by atoms with E-state index >= 15 is 0 Å². The standard InChI is InChI=1S/C10H12ClNS.C2H6/c1-8-2-4-9(5-3-8)10(13)12-7-6-11;1-2/h2-5H,6-7H2,1H3,(H,12,13);1-2H3. The van der Waals surface area contributed by atoms with Crippen LogP contribution in [-0.2, 0) is 0 Å². The molecule has 0 radical (unpaired) electrons. The molecule has 0 fully saturated rings. The molecule has 0 heterocycles. The van der Waals surface area contributed by atoms with Gasteiger partial charge in [0.25, 0.3) is 0 Å². The van der Waals surface area contributed by atoms with Crippen LogP contribution in [-0.4, -0.2) is 17.4 Å². The first-order valence-electron chi connectivity index (χ1n) is 5.15. The molecule has 3 heteroatoms. The fraction of sp³-hybridized carbons (Fsp3) is 0.417. The van der Waals surface area contributed by atoms with Crippen LogP contribution in [0, 0.1) is 6.92 Å². The zero-order valence-electron chi connectivity index (χ0n) is 9.51. The molecule has 0 aromatic heterocycles. The number of alkyl halides is 1. The van der Waals surface area contributed by atoms with Crippen LogP contribution in [0.5, 0.6) is 0 Å². The van der Waals surface area contributed by atoms with Crippen LogP contribution in [0.2, 0.25) is 0 Å². The molecule has 15 heavy (non-hydrogen) atoms. The van der Waals surface area contributed by atoms with Gasteiger partial charge in [-0.1, -0.05) is 55.9 Å². The minimum Gasteiger partial charge on any atom is -0.375 e. The van der Waals surface area contributed by atoms with Crippen molar-refractivity contribution in [2.24, 2.45) is 0 Å². The maximum Gasteiger partial charge on any atom is 0.106 e. The van der Waals surface area contributed by atoms with Crippen LogP contribution < -0.4 is 5.32 Å². The quantitative estimate of drug-likeness (QED) is 0.644. The number of hydrogen-bond acceptors (Lipinski definition) is 1. The topological polar surface area (TPSA) is 12.0 Å². The van der Waals surface area contributed by atoms with Crippen molar-refractivity contribution in [2.75, 3.05) is 12.4 Å². The third-order valence-corrected chi connectivity index (χ3v) is 2.26. The molecule has 1 rings (SSSR count). The molecule has 1 nitrogen and oxygen atoms in total. The zero-order valence-corrected chi connectivity index (χ0v) is 11.1. The molecule has 0 atom stereocenters. The lowest BCUT2D eigenvalue weighted by Gasteiger charge is -2.05. The average Bonchev–Trinajstić information content (AvgIpc) is 2.29. The molecule has 0 aliphatic heterocycles. The first-order chi connectivity index (χ1) is 7.24. The van der Waals surface area contributed by atoms with E-state index in [2.05, 4.69) is 12.2 Å². The van der Waals surface area contributed by atoms with Gasteiger partial charge in [0.2, 0.25) is 0 Å². The van der Waals surface area contributed by atoms with Crippen LogP contribution in [0.1, 0.15) is 25.0 Å². The van der Waals surface area contributed by atoms with Gasteiger partial charge in [-0.05, 0) is 6.92 Å². The van der Waals surface area contributed by atoms with E-state index < -0.39 is 0 Å². The second-order valence-electron chi connectivity index (χ2n) is 2.81. The lowest BCUT2D eigenvalue weighted by molar-refractivity contribution is 0.989. The molecule has 1 aromatic carbocycles. The number of hydrogen-bond donors (Lipinski definition) is 1. The van der Waals surface area contributed by atoms with Gasteiger partial charge in [0.1, 0.15) is 4.99 Å². The lowest BCUT2D eigenvalue weighted by atomic mass is 10.1. The summed E-state index contributed by atoms with van der Waals surface area (Å²) >= 11 is 10.7. The zero-order chi connectivity index (χ0) is 11.7. The molecule has 0 saturated carbocycles. The summed E-state index contributed by atoms with van der Waals surface area (Å²) in [6.07, 6.45) is 0. The van der Waals surface area contributed by atoms with Crippen molar-refractivity contribution >= 4 is 28.8 Å². The summed E-state index contributed by atoms with van der Waals surface area (Å²) in [6, 6.07) is 8.12. The van der Waals surface area contributed by atoms with Crippen molar-refractivity contribution < 1.29 is 0 Å². The van der Waals surface area contributed by atoms with Gasteiger partial charge in [-0.15, -0.1) is 11.6 Å². The Morgan fingerprint density at radius 3 is 2.27 bits per heavy atom. The molecule has 0 unspecified atom stereocenters. The Balaban J connectivity index is 0.000000921. The smallest absolute Gasteiger partial charge is 0.106 e. The highest BCUT2D eigenvalue weighted by Crippen LogP contribution is 2.03. The van der Waals surface area contributed by atoms with E-state index in [1.807, 2.05) is 38.1 Å². The average molecular weight is 244 g/mol. The van der Waals surface area contributed by atoms with Crippen molar-refractivity contribution in [3.8, 4) is 0 Å². The second-order valence-corrected chi connectivity index (χ2v) is 3.60. The van der Waals surface area contributed by atoms with Crippen molar-refractivity contribution in [2.45, 2.75) is 20.8 Å². The van der Waals surface area contributed by atoms with E-state index in [1.165, 1.54) is 5.56 Å². The maximum absolute atomic E-state index is 5.54. The highest BCUT2D eigenvalue weighted by atomic mass is 35.5. The minimum atomic E-state index is 0.575. The molecule has 0 aliphatic rings. The number of benzene rings is 1. The Labute approximate surface area is 103 Å². The number of rotatable bonds is 3. The van der Waals surface area contributed by atoms with Crippen molar-refractivity contribution in [1.29, 1.82) is 0 Å². The Kier molecular flexibility index (Phi) is 8.34. The Morgan fingerprint density at radius 2 is 1.80 bits per heavy atom. The van der Waals surface area contributed by atoms with Crippen LogP contribution in [0.15, 0.2) is 24.3 Å². The molecule has 0 saturated heterocycles. The summed E-state index contributed by atoms with van der Waals surface area (Å²) in [5.41, 5.74) is 2.29. The van der Waals surface area contributed by atoms with Gasteiger partial charge in [-0.3, -0.25) is 0 Å². The van der Waals surface area contributed by atoms with Gasteiger partial charge in [-0.2, -0.15) is 0 Å². The second kappa shape index (κ2) is 8.69. The first-order valence-corrected chi connectivity index (χ1v) is 6.09. The molecule has 84 valence electrons. The van der Waals surface area contributed by atoms with E-state index in [4.69, 9.17) is 23.8 Å². The van der Waals surface area contributed by atoms with Gasteiger partial charge in [0.15, 0.2) is 0 Å². The first kappa shape index (κ1) is 14.4. The Morgan fingerprint density at radius 1 is 1.27 bits per heavy atom. The minimum absolute atomic E-state index is 0.575. The molecule has 1 aromatic rings. The number of aryl methyl sites for hydroxylation is 1. The normalized spacial score (nSPS) is 8.80. The van der Waals surface area contributed by atoms with E-state index in [-0.39, 0.29) is 0 Å². The fourth-order valence-corrected chi connectivity index (χ4v) is 1.30. The van der Waals surface area contributed by atoms with Crippen LogP contribution >= 0.6 is 23.8 Å². The summed E-state index contributed by atoms with van der Waals surface area (Å²) in [4.78, 5) is 0.764. The highest BCUT2D eigenvalue weighted by molar-refractivity contribution is 7.80. The fourth-order valence-electron chi connectivity index (χ4n) is 0.968. The molecular formula is C12H18ClNS. The predicted octanol–water partition coefficient (Wildman–Crippen LogP) is 3.53. The van der Waals surface area contributed by atoms with Crippen LogP contribution in [0.25, 0.3) is 0 Å². The molecular weight excluding hydrogens is 226 g/mol. The molecule has 1 N–H and O–H groups in total. The highest BCUT2D eigenvalue weighted by Gasteiger charge is 1.98. The van der Waals surface area contributed by atoms with Crippen molar-refractivity contribution in [1.82, 2.24) is 5.32 Å². The SMILES string of the molecule is CC.Cc1ccc(C(=S)NCCCl)cc1. The lowest BCUT2D eigenvalue weighted by Crippen LogP contribution is -2.24. The third-order valence-electron chi connectivity index (χ3n) is 1.69. The summed E-state index contributed by atoms with van der Waals surface area (Å²) in [5.74, 6) is 0.575. The third kappa shape index (κ3) is 5.75. The summed E-state index contributed by atoms with van der Waals surface area (Å²) < 4.78 is 0. The number of nitrogens with one attached hydrogen (secondary N) is 1. The van der Waals surface area contributed by atoms with Gasteiger partial charge in [-0.25, -0.2) is 0 Å². The van der Waals surface area contributed by atoms with Gasteiger partial charge >= 0.3 is 0 Å². The summed E-state index contributed by atoms with van der Waals surface area (Å²) in [6.45, 7) is 6.77. The van der Waals surface area contributed by atoms with Gasteiger partial charge < -0.3 is 5.32 Å². The van der Waals surface area contributed by atoms with E-state index in [9.17, 15) is 0 Å². The van der Waals surface area contributed by atoms with Gasteiger partial charge in [0, 0.05) is 18.0 Å². The summed E-state index contributed by atoms with van der Waals surface area (Å²) in [5, 5.41) is 3.07. The maximum atomic E-state index is 5.54. The van der Waals surface area contributed by atoms with Gasteiger partial charge in [0.05, 0.1) is 0 Å². The number of halogens is 1. The van der Waals surface area contributed by atoms with Crippen LogP contribution in [0.3, 0.4) is 0 Å². The van der Waals surface area contributed by atoms with Crippen molar-refractivity contribution in [3.63, 3.8) is 0 Å². The molecule has 0 spiro atoms. The predicted molar refractivity (Wildman–Crippen MR) is 72.9 cm³/mol. The Bertz CT molecular complexity index is 282. The molecule has 0 amide bonds. The number of thiocarbonyl (C=S) groups is 1. The molecule has 0 aliphatic carbocycles. The monoisotopic (exact) mass is 243 g/mol. The molecule has 0 bridgehead atoms. The van der Waals surface area contributed by atoms with Crippen molar-refractivity contribution in [3.05, 3.63) is 35.4 Å². The van der Waals surface area contributed by atoms with Crippen LogP contribution in [0.4, 0.5) is 0 Å². The largest absolute Gasteiger partial charge is 0.375 e. The van der Waals surface area contributed by atoms with E-state index in [0.717, 1.165) is 10.6 Å². The summed E-state index contributed by atoms with van der Waals surface area (Å²) in [7, 11) is 0. The van der Waals surface area contributed by atoms with E-state index in [1.54, 1.807) is 0 Å². The Hall–Kier alpha value is -0.600.